The van der Waals surface area contributed by atoms with Crippen molar-refractivity contribution in [1.29, 1.82) is 0 Å². The van der Waals surface area contributed by atoms with Crippen LogP contribution in [-0.4, -0.2) is 36.4 Å². The Labute approximate surface area is 183 Å². The van der Waals surface area contributed by atoms with Crippen LogP contribution in [0.3, 0.4) is 0 Å². The minimum Gasteiger partial charge on any atom is -0.352 e. The highest BCUT2D eigenvalue weighted by molar-refractivity contribution is 6.30. The Bertz CT molecular complexity index is 1340. The van der Waals surface area contributed by atoms with Crippen LogP contribution in [0.4, 0.5) is 13.2 Å². The number of aryl methyl sites for hydroxylation is 1. The molecular weight excluding hydrogens is 449 g/mol. The summed E-state index contributed by atoms with van der Waals surface area (Å²) in [7, 11) is 0. The number of nitrogens with one attached hydrogen (secondary N) is 1. The maximum Gasteiger partial charge on any atom is 0.434 e. The van der Waals surface area contributed by atoms with Crippen LogP contribution >= 0.6 is 11.6 Å². The Morgan fingerprint density at radius 3 is 2.69 bits per heavy atom. The minimum atomic E-state index is -4.82. The molecule has 8 nitrogen and oxygen atoms in total. The molecule has 32 heavy (non-hydrogen) atoms. The lowest BCUT2D eigenvalue weighted by Gasteiger charge is -2.13. The molecule has 12 heteroatoms. The van der Waals surface area contributed by atoms with Crippen molar-refractivity contribution in [3.05, 3.63) is 81.6 Å². The van der Waals surface area contributed by atoms with Gasteiger partial charge >= 0.3 is 11.9 Å². The van der Waals surface area contributed by atoms with E-state index in [9.17, 15) is 22.8 Å². The second-order valence-electron chi connectivity index (χ2n) is 6.84. The predicted molar refractivity (Wildman–Crippen MR) is 110 cm³/mol. The average molecular weight is 465 g/mol. The van der Waals surface area contributed by atoms with Crippen molar-refractivity contribution in [2.75, 3.05) is 6.54 Å². The van der Waals surface area contributed by atoms with Crippen LogP contribution < -0.4 is 11.0 Å². The smallest absolute Gasteiger partial charge is 0.352 e. The van der Waals surface area contributed by atoms with E-state index >= 15 is 0 Å². The fraction of sp³-hybridized carbons (Fsp3) is 0.200. The van der Waals surface area contributed by atoms with Gasteiger partial charge in [-0.15, -0.1) is 5.10 Å². The van der Waals surface area contributed by atoms with Gasteiger partial charge in [0.1, 0.15) is 0 Å². The molecule has 0 fully saturated rings. The van der Waals surface area contributed by atoms with Crippen molar-refractivity contribution in [2.45, 2.75) is 19.1 Å². The second-order valence-corrected chi connectivity index (χ2v) is 7.28. The third kappa shape index (κ3) is 4.24. The van der Waals surface area contributed by atoms with E-state index in [0.717, 1.165) is 6.20 Å². The molecule has 1 aromatic carbocycles. The molecule has 1 N–H and O–H groups in total. The summed E-state index contributed by atoms with van der Waals surface area (Å²) >= 11 is 5.87. The molecule has 3 heterocycles. The van der Waals surface area contributed by atoms with Crippen molar-refractivity contribution < 1.29 is 18.0 Å². The molecule has 0 saturated heterocycles. The highest BCUT2D eigenvalue weighted by atomic mass is 35.5. The van der Waals surface area contributed by atoms with Gasteiger partial charge in [0.25, 0.3) is 5.91 Å². The largest absolute Gasteiger partial charge is 0.434 e. The molecule has 4 aromatic rings. The first-order valence-electron chi connectivity index (χ1n) is 9.49. The number of rotatable bonds is 6. The molecule has 4 rings (SSSR count). The Hall–Kier alpha value is -3.60. The summed E-state index contributed by atoms with van der Waals surface area (Å²) in [4.78, 5) is 24.7. The lowest BCUT2D eigenvalue weighted by atomic mass is 10.2. The number of nitrogens with zero attached hydrogens (tertiary/aromatic N) is 5. The van der Waals surface area contributed by atoms with E-state index in [4.69, 9.17) is 11.6 Å². The summed E-state index contributed by atoms with van der Waals surface area (Å²) in [5.41, 5.74) is -1.59. The van der Waals surface area contributed by atoms with Gasteiger partial charge in [-0.05, 0) is 36.8 Å². The number of hydrogen-bond donors (Lipinski definition) is 1. The molecule has 0 aliphatic carbocycles. The molecule has 1 amide bonds. The number of fused-ring (bicyclic) bond motifs is 1. The third-order valence-corrected chi connectivity index (χ3v) is 4.89. The lowest BCUT2D eigenvalue weighted by Crippen LogP contribution is -2.29. The Balaban J connectivity index is 1.47. The monoisotopic (exact) mass is 464 g/mol. The number of carbonyl (C=O) groups excluding carboxylic acids is 1. The van der Waals surface area contributed by atoms with Gasteiger partial charge in [-0.25, -0.2) is 14.2 Å². The molecule has 3 aromatic heterocycles. The second kappa shape index (κ2) is 8.50. The van der Waals surface area contributed by atoms with Crippen LogP contribution in [0.25, 0.3) is 11.3 Å². The molecule has 0 saturated carbocycles. The van der Waals surface area contributed by atoms with Gasteiger partial charge in [-0.2, -0.15) is 18.3 Å². The highest BCUT2D eigenvalue weighted by Gasteiger charge is 2.40. The molecule has 0 aliphatic rings. The quantitative estimate of drug-likeness (QED) is 0.444. The molecule has 166 valence electrons. The van der Waals surface area contributed by atoms with Crippen molar-refractivity contribution in [3.8, 4) is 5.69 Å². The number of alkyl halides is 3. The van der Waals surface area contributed by atoms with E-state index < -0.39 is 23.3 Å². The summed E-state index contributed by atoms with van der Waals surface area (Å²) < 4.78 is 44.4. The Kier molecular flexibility index (Phi) is 5.74. The van der Waals surface area contributed by atoms with Crippen LogP contribution in [-0.2, 0) is 12.7 Å². The number of carbonyl (C=O) groups is 1. The minimum absolute atomic E-state index is 0.0405. The van der Waals surface area contributed by atoms with Crippen LogP contribution in [0.2, 0.25) is 5.02 Å². The predicted octanol–water partition coefficient (Wildman–Crippen LogP) is 3.17. The maximum atomic E-state index is 13.7. The molecule has 0 bridgehead atoms. The van der Waals surface area contributed by atoms with Gasteiger partial charge in [0.2, 0.25) is 0 Å². The molecule has 0 aliphatic heterocycles. The Morgan fingerprint density at radius 1 is 1.16 bits per heavy atom. The standard InChI is InChI=1S/C20H16ClF3N6O2/c21-13-5-3-6-14(11-13)30-17(20(22,23)24)15(12-26-30)18(31)25-8-4-10-29-19(32)28-9-2-1-7-16(28)27-29/h1-3,5-7,9,11-12H,4,8,10H2,(H,25,31). The average Bonchev–Trinajstić information content (AvgIpc) is 3.34. The van der Waals surface area contributed by atoms with Gasteiger partial charge in [0.05, 0.1) is 17.4 Å². The van der Waals surface area contributed by atoms with Gasteiger partial charge in [-0.3, -0.25) is 9.20 Å². The van der Waals surface area contributed by atoms with Crippen LogP contribution in [0.1, 0.15) is 22.5 Å². The van der Waals surface area contributed by atoms with Gasteiger partial charge < -0.3 is 5.32 Å². The number of halogens is 4. The number of pyridine rings is 1. The number of amides is 1. The number of benzene rings is 1. The molecule has 0 radical (unpaired) electrons. The first-order chi connectivity index (χ1) is 15.3. The summed E-state index contributed by atoms with van der Waals surface area (Å²) in [6.07, 6.45) is -2.08. The van der Waals surface area contributed by atoms with Gasteiger partial charge in [0.15, 0.2) is 11.3 Å². The van der Waals surface area contributed by atoms with Crippen molar-refractivity contribution in [1.82, 2.24) is 29.3 Å². The maximum absolute atomic E-state index is 13.7. The van der Waals surface area contributed by atoms with Crippen LogP contribution in [0, 0.1) is 0 Å². The van der Waals surface area contributed by atoms with Crippen molar-refractivity contribution in [3.63, 3.8) is 0 Å². The van der Waals surface area contributed by atoms with E-state index in [1.54, 1.807) is 24.4 Å². The Morgan fingerprint density at radius 2 is 1.97 bits per heavy atom. The SMILES string of the molecule is O=C(NCCCn1nc2ccccn2c1=O)c1cnn(-c2cccc(Cl)c2)c1C(F)(F)F. The van der Waals surface area contributed by atoms with E-state index in [1.165, 1.54) is 33.3 Å². The zero-order valence-electron chi connectivity index (χ0n) is 16.4. The third-order valence-electron chi connectivity index (χ3n) is 4.66. The topological polar surface area (TPSA) is 86.2 Å². The summed E-state index contributed by atoms with van der Waals surface area (Å²) in [6, 6.07) is 10.8. The van der Waals surface area contributed by atoms with Gasteiger partial charge in [-0.1, -0.05) is 23.7 Å². The summed E-state index contributed by atoms with van der Waals surface area (Å²) in [5, 5.41) is 10.6. The lowest BCUT2D eigenvalue weighted by molar-refractivity contribution is -0.143. The zero-order valence-corrected chi connectivity index (χ0v) is 17.1. The van der Waals surface area contributed by atoms with E-state index in [2.05, 4.69) is 15.5 Å². The van der Waals surface area contributed by atoms with E-state index in [1.807, 2.05) is 0 Å². The molecule has 0 spiro atoms. The summed E-state index contributed by atoms with van der Waals surface area (Å²) in [5.74, 6) is -0.923. The van der Waals surface area contributed by atoms with E-state index in [-0.39, 0.29) is 29.5 Å². The first kappa shape index (κ1) is 21.6. The normalized spacial score (nSPS) is 11.8. The van der Waals surface area contributed by atoms with Crippen LogP contribution in [0.15, 0.2) is 59.7 Å². The highest BCUT2D eigenvalue weighted by Crippen LogP contribution is 2.34. The first-order valence-corrected chi connectivity index (χ1v) is 9.87. The van der Waals surface area contributed by atoms with Crippen LogP contribution in [0.5, 0.6) is 0 Å². The molecule has 0 atom stereocenters. The molecule has 0 unspecified atom stereocenters. The van der Waals surface area contributed by atoms with Crippen molar-refractivity contribution >= 4 is 23.2 Å². The zero-order chi connectivity index (χ0) is 22.9. The fourth-order valence-electron chi connectivity index (χ4n) is 3.23. The molecular formula is C20H16ClF3N6O2. The number of aromatic nitrogens is 5. The fourth-order valence-corrected chi connectivity index (χ4v) is 3.42. The number of hydrogen-bond acceptors (Lipinski definition) is 4. The van der Waals surface area contributed by atoms with Gasteiger partial charge in [0, 0.05) is 24.3 Å². The van der Waals surface area contributed by atoms with Crippen molar-refractivity contribution in [2.24, 2.45) is 0 Å². The summed E-state index contributed by atoms with van der Waals surface area (Å²) in [6.45, 7) is 0.230. The van der Waals surface area contributed by atoms with E-state index in [0.29, 0.717) is 16.7 Å².